The summed E-state index contributed by atoms with van der Waals surface area (Å²) < 4.78 is 34.0. The van der Waals surface area contributed by atoms with Gasteiger partial charge in [0.05, 0.1) is 7.11 Å². The summed E-state index contributed by atoms with van der Waals surface area (Å²) in [6, 6.07) is 5.61. The standard InChI is InChI=1S/C13H17F2NO2/c1-17-11-5-4-9(7-10-3-2-6-16-10)8-12(11)18-13(14)15/h4-5,8,10,13,16H,2-3,6-7H2,1H3. The van der Waals surface area contributed by atoms with Gasteiger partial charge in [0, 0.05) is 6.04 Å². The Labute approximate surface area is 105 Å². The molecule has 2 rings (SSSR count). The molecule has 0 spiro atoms. The van der Waals surface area contributed by atoms with Crippen molar-refractivity contribution in [2.24, 2.45) is 0 Å². The van der Waals surface area contributed by atoms with Gasteiger partial charge in [-0.05, 0) is 43.5 Å². The van der Waals surface area contributed by atoms with E-state index in [1.807, 2.05) is 6.07 Å². The molecule has 1 unspecified atom stereocenters. The van der Waals surface area contributed by atoms with E-state index in [1.54, 1.807) is 12.1 Å². The summed E-state index contributed by atoms with van der Waals surface area (Å²) in [6.45, 7) is -1.81. The molecule has 1 atom stereocenters. The summed E-state index contributed by atoms with van der Waals surface area (Å²) >= 11 is 0. The molecule has 5 heteroatoms. The second-order valence-electron chi connectivity index (χ2n) is 4.36. The van der Waals surface area contributed by atoms with Gasteiger partial charge >= 0.3 is 6.61 Å². The van der Waals surface area contributed by atoms with Crippen LogP contribution in [0, 0.1) is 0 Å². The topological polar surface area (TPSA) is 30.5 Å². The third kappa shape index (κ3) is 3.32. The van der Waals surface area contributed by atoms with Crippen molar-refractivity contribution in [2.75, 3.05) is 13.7 Å². The van der Waals surface area contributed by atoms with Crippen LogP contribution >= 0.6 is 0 Å². The summed E-state index contributed by atoms with van der Waals surface area (Å²) in [5, 5.41) is 3.37. The van der Waals surface area contributed by atoms with Crippen molar-refractivity contribution < 1.29 is 18.3 Å². The first-order valence-corrected chi connectivity index (χ1v) is 6.04. The molecule has 1 saturated heterocycles. The summed E-state index contributed by atoms with van der Waals surface area (Å²) in [5.74, 6) is 0.432. The SMILES string of the molecule is COc1ccc(CC2CCCN2)cc1OC(F)F. The Morgan fingerprint density at radius 2 is 2.22 bits per heavy atom. The zero-order valence-electron chi connectivity index (χ0n) is 10.3. The number of ether oxygens (including phenoxy) is 2. The molecule has 0 saturated carbocycles. The van der Waals surface area contributed by atoms with E-state index < -0.39 is 6.61 Å². The van der Waals surface area contributed by atoms with Gasteiger partial charge in [0.2, 0.25) is 0 Å². The van der Waals surface area contributed by atoms with E-state index in [1.165, 1.54) is 13.5 Å². The quantitative estimate of drug-likeness (QED) is 0.879. The predicted octanol–water partition coefficient (Wildman–Crippen LogP) is 2.59. The molecule has 100 valence electrons. The molecule has 0 aromatic heterocycles. The lowest BCUT2D eigenvalue weighted by Gasteiger charge is -2.14. The van der Waals surface area contributed by atoms with Gasteiger partial charge in [-0.15, -0.1) is 0 Å². The van der Waals surface area contributed by atoms with Gasteiger partial charge in [0.1, 0.15) is 0 Å². The first-order chi connectivity index (χ1) is 8.69. The molecule has 1 N–H and O–H groups in total. The molecule has 0 aliphatic carbocycles. The monoisotopic (exact) mass is 257 g/mol. The van der Waals surface area contributed by atoms with Crippen LogP contribution in [0.25, 0.3) is 0 Å². The fraction of sp³-hybridized carbons (Fsp3) is 0.538. The maximum Gasteiger partial charge on any atom is 0.387 e. The molecular formula is C13H17F2NO2. The van der Waals surface area contributed by atoms with E-state index in [0.29, 0.717) is 11.8 Å². The summed E-state index contributed by atoms with van der Waals surface area (Å²) in [7, 11) is 1.44. The van der Waals surface area contributed by atoms with Gasteiger partial charge in [-0.3, -0.25) is 0 Å². The Balaban J connectivity index is 2.10. The van der Waals surface area contributed by atoms with Gasteiger partial charge in [-0.1, -0.05) is 6.07 Å². The Hall–Kier alpha value is -1.36. The zero-order valence-corrected chi connectivity index (χ0v) is 10.3. The Morgan fingerprint density at radius 3 is 2.83 bits per heavy atom. The number of nitrogens with one attached hydrogen (secondary N) is 1. The van der Waals surface area contributed by atoms with Gasteiger partial charge < -0.3 is 14.8 Å². The van der Waals surface area contributed by atoms with E-state index in [0.717, 1.165) is 24.9 Å². The molecule has 0 amide bonds. The van der Waals surface area contributed by atoms with E-state index >= 15 is 0 Å². The number of rotatable bonds is 5. The van der Waals surface area contributed by atoms with Crippen LogP contribution in [0.2, 0.25) is 0 Å². The normalized spacial score (nSPS) is 19.2. The lowest BCUT2D eigenvalue weighted by atomic mass is 10.0. The highest BCUT2D eigenvalue weighted by atomic mass is 19.3. The van der Waals surface area contributed by atoms with Crippen LogP contribution in [0.5, 0.6) is 11.5 Å². The molecule has 1 aromatic carbocycles. The van der Waals surface area contributed by atoms with Crippen molar-refractivity contribution in [3.8, 4) is 11.5 Å². The van der Waals surface area contributed by atoms with Crippen molar-refractivity contribution in [3.05, 3.63) is 23.8 Å². The van der Waals surface area contributed by atoms with Crippen LogP contribution in [0.3, 0.4) is 0 Å². The molecule has 0 radical (unpaired) electrons. The van der Waals surface area contributed by atoms with Crippen molar-refractivity contribution in [1.29, 1.82) is 0 Å². The number of hydrogen-bond donors (Lipinski definition) is 1. The average molecular weight is 257 g/mol. The second kappa shape index (κ2) is 6.00. The molecule has 1 aromatic rings. The van der Waals surface area contributed by atoms with E-state index in [-0.39, 0.29) is 5.75 Å². The van der Waals surface area contributed by atoms with Crippen LogP contribution in [0.1, 0.15) is 18.4 Å². The highest BCUT2D eigenvalue weighted by molar-refractivity contribution is 5.43. The van der Waals surface area contributed by atoms with Crippen molar-refractivity contribution in [1.82, 2.24) is 5.32 Å². The minimum absolute atomic E-state index is 0.1000. The number of hydrogen-bond acceptors (Lipinski definition) is 3. The number of alkyl halides is 2. The highest BCUT2D eigenvalue weighted by Crippen LogP contribution is 2.30. The molecule has 3 nitrogen and oxygen atoms in total. The zero-order chi connectivity index (χ0) is 13.0. The van der Waals surface area contributed by atoms with E-state index in [2.05, 4.69) is 10.1 Å². The largest absolute Gasteiger partial charge is 0.493 e. The average Bonchev–Trinajstić information content (AvgIpc) is 2.81. The van der Waals surface area contributed by atoms with Gasteiger partial charge in [-0.2, -0.15) is 8.78 Å². The van der Waals surface area contributed by atoms with E-state index in [4.69, 9.17) is 4.74 Å². The highest BCUT2D eigenvalue weighted by Gasteiger charge is 2.16. The van der Waals surface area contributed by atoms with Crippen molar-refractivity contribution in [3.63, 3.8) is 0 Å². The minimum atomic E-state index is -2.83. The Morgan fingerprint density at radius 1 is 1.39 bits per heavy atom. The van der Waals surface area contributed by atoms with Crippen LogP contribution in [0.15, 0.2) is 18.2 Å². The third-order valence-electron chi connectivity index (χ3n) is 3.09. The second-order valence-corrected chi connectivity index (χ2v) is 4.36. The predicted molar refractivity (Wildman–Crippen MR) is 64.4 cm³/mol. The molecule has 1 heterocycles. The first-order valence-electron chi connectivity index (χ1n) is 6.04. The van der Waals surface area contributed by atoms with Crippen LogP contribution < -0.4 is 14.8 Å². The first kappa shape index (κ1) is 13.1. The van der Waals surface area contributed by atoms with Gasteiger partial charge in [-0.25, -0.2) is 0 Å². The van der Waals surface area contributed by atoms with Gasteiger partial charge in [0.15, 0.2) is 11.5 Å². The number of benzene rings is 1. The molecule has 1 aliphatic heterocycles. The molecule has 1 aliphatic rings. The van der Waals surface area contributed by atoms with E-state index in [9.17, 15) is 8.78 Å². The van der Waals surface area contributed by atoms with Crippen LogP contribution in [0.4, 0.5) is 8.78 Å². The Kier molecular flexibility index (Phi) is 4.36. The van der Waals surface area contributed by atoms with Crippen LogP contribution in [-0.4, -0.2) is 26.3 Å². The third-order valence-corrected chi connectivity index (χ3v) is 3.09. The maximum absolute atomic E-state index is 12.3. The number of methoxy groups -OCH3 is 1. The molecule has 0 bridgehead atoms. The lowest BCUT2D eigenvalue weighted by Crippen LogP contribution is -2.23. The summed E-state index contributed by atoms with van der Waals surface area (Å²) in [5.41, 5.74) is 0.978. The molecular weight excluding hydrogens is 240 g/mol. The van der Waals surface area contributed by atoms with Gasteiger partial charge in [0.25, 0.3) is 0 Å². The number of halogens is 2. The minimum Gasteiger partial charge on any atom is -0.493 e. The van der Waals surface area contributed by atoms with Crippen LogP contribution in [-0.2, 0) is 6.42 Å². The fourth-order valence-electron chi connectivity index (χ4n) is 2.25. The fourth-order valence-corrected chi connectivity index (χ4v) is 2.25. The Bertz CT molecular complexity index is 393. The lowest BCUT2D eigenvalue weighted by molar-refractivity contribution is -0.0512. The summed E-state index contributed by atoms with van der Waals surface area (Å²) in [6.07, 6.45) is 3.11. The maximum atomic E-state index is 12.3. The smallest absolute Gasteiger partial charge is 0.387 e. The van der Waals surface area contributed by atoms with Crippen molar-refractivity contribution in [2.45, 2.75) is 31.9 Å². The molecule has 18 heavy (non-hydrogen) atoms. The van der Waals surface area contributed by atoms with Crippen molar-refractivity contribution >= 4 is 0 Å². The summed E-state index contributed by atoms with van der Waals surface area (Å²) in [4.78, 5) is 0. The molecule has 1 fully saturated rings.